The van der Waals surface area contributed by atoms with Crippen molar-refractivity contribution >= 4 is 43.8 Å². The van der Waals surface area contributed by atoms with Crippen LogP contribution in [0.5, 0.6) is 0 Å². The normalized spacial score (nSPS) is 12.1. The Morgan fingerprint density at radius 2 is 1.88 bits per heavy atom. The van der Waals surface area contributed by atoms with Gasteiger partial charge in [0.05, 0.1) is 11.1 Å². The third-order valence-electron chi connectivity index (χ3n) is 2.19. The van der Waals surface area contributed by atoms with Gasteiger partial charge < -0.3 is 10.2 Å². The van der Waals surface area contributed by atoms with E-state index >= 15 is 0 Å². The molecule has 1 aromatic rings. The topological polar surface area (TPSA) is 74.6 Å². The van der Waals surface area contributed by atoms with Crippen LogP contribution < -0.4 is 0 Å². The van der Waals surface area contributed by atoms with E-state index in [-0.39, 0.29) is 16.0 Å². The zero-order valence-electron chi connectivity index (χ0n) is 8.69. The fourth-order valence-corrected chi connectivity index (χ4v) is 1.98. The zero-order chi connectivity index (χ0) is 13.0. The maximum absolute atomic E-state index is 11.0. The van der Waals surface area contributed by atoms with Crippen molar-refractivity contribution in [2.75, 3.05) is 5.33 Å². The number of rotatable bonds is 5. The number of benzene rings is 1. The molecule has 17 heavy (non-hydrogen) atoms. The molecule has 0 fully saturated rings. The van der Waals surface area contributed by atoms with Crippen molar-refractivity contribution < 1.29 is 19.8 Å². The first kappa shape index (κ1) is 14.2. The van der Waals surface area contributed by atoms with Crippen molar-refractivity contribution in [1.29, 1.82) is 0 Å². The van der Waals surface area contributed by atoms with Crippen molar-refractivity contribution in [1.82, 2.24) is 0 Å². The molecule has 0 spiro atoms. The van der Waals surface area contributed by atoms with Crippen molar-refractivity contribution in [3.8, 4) is 0 Å². The van der Waals surface area contributed by atoms with Crippen LogP contribution in [0.1, 0.15) is 26.3 Å². The lowest BCUT2D eigenvalue weighted by Crippen LogP contribution is -2.11. The van der Waals surface area contributed by atoms with E-state index in [1.807, 2.05) is 0 Å². The average Bonchev–Trinajstić information content (AvgIpc) is 2.28. The Labute approximate surface area is 115 Å². The molecule has 0 aliphatic carbocycles. The van der Waals surface area contributed by atoms with Crippen molar-refractivity contribution in [2.24, 2.45) is 0 Å². The van der Waals surface area contributed by atoms with Gasteiger partial charge in [-0.1, -0.05) is 31.9 Å². The molecule has 1 rings (SSSR count). The van der Waals surface area contributed by atoms with Crippen LogP contribution in [-0.2, 0) is 6.42 Å². The molecule has 1 unspecified atom stereocenters. The Morgan fingerprint density at radius 1 is 1.24 bits per heavy atom. The summed E-state index contributed by atoms with van der Waals surface area (Å²) in [6.45, 7) is 0. The monoisotopic (exact) mass is 364 g/mol. The van der Waals surface area contributed by atoms with Gasteiger partial charge in [-0.3, -0.25) is 0 Å². The number of hydrogen-bond acceptors (Lipinski definition) is 2. The summed E-state index contributed by atoms with van der Waals surface area (Å²) in [7, 11) is 0. The molecule has 0 bridgehead atoms. The third-order valence-corrected chi connectivity index (χ3v) is 4.49. The molecule has 6 heteroatoms. The van der Waals surface area contributed by atoms with Gasteiger partial charge in [0, 0.05) is 10.2 Å². The molecule has 2 N–H and O–H groups in total. The van der Waals surface area contributed by atoms with Gasteiger partial charge in [0.25, 0.3) is 0 Å². The predicted octanol–water partition coefficient (Wildman–Crippen LogP) is 2.78. The quantitative estimate of drug-likeness (QED) is 0.787. The van der Waals surface area contributed by atoms with Crippen LogP contribution in [0.2, 0.25) is 0 Å². The Hall–Kier alpha value is -0.880. The molecule has 1 aromatic carbocycles. The van der Waals surface area contributed by atoms with Crippen LogP contribution in [0.4, 0.5) is 0 Å². The Kier molecular flexibility index (Phi) is 5.14. The molecular weight excluding hydrogens is 356 g/mol. The van der Waals surface area contributed by atoms with Crippen LogP contribution in [0, 0.1) is 0 Å². The summed E-state index contributed by atoms with van der Waals surface area (Å²) < 4.78 is 0. The first-order chi connectivity index (χ1) is 7.95. The number of carbonyl (C=O) groups is 2. The molecule has 0 heterocycles. The number of halogens is 2. The summed E-state index contributed by atoms with van der Waals surface area (Å²) in [5, 5.41) is 18.5. The molecule has 0 aliphatic heterocycles. The van der Waals surface area contributed by atoms with E-state index in [4.69, 9.17) is 10.2 Å². The highest BCUT2D eigenvalue weighted by molar-refractivity contribution is 9.12. The number of carboxylic acid groups (broad SMARTS) is 2. The van der Waals surface area contributed by atoms with Crippen molar-refractivity contribution in [3.05, 3.63) is 34.9 Å². The van der Waals surface area contributed by atoms with E-state index in [1.165, 1.54) is 18.2 Å². The predicted molar refractivity (Wildman–Crippen MR) is 70.6 cm³/mol. The summed E-state index contributed by atoms with van der Waals surface area (Å²) in [6.07, 6.45) is 0.452. The second-order valence-electron chi connectivity index (χ2n) is 3.44. The van der Waals surface area contributed by atoms with E-state index < -0.39 is 11.9 Å². The molecule has 0 saturated carbocycles. The molecule has 0 aromatic heterocycles. The number of carboxylic acids is 2. The average molecular weight is 366 g/mol. The third kappa shape index (κ3) is 3.81. The summed E-state index contributed by atoms with van der Waals surface area (Å²) in [4.78, 5) is 21.9. The summed E-state index contributed by atoms with van der Waals surface area (Å²) in [5.41, 5.74) is 0.749. The van der Waals surface area contributed by atoms with Gasteiger partial charge >= 0.3 is 11.9 Å². The summed E-state index contributed by atoms with van der Waals surface area (Å²) >= 11 is 6.64. The minimum atomic E-state index is -1.06. The summed E-state index contributed by atoms with van der Waals surface area (Å²) in [5.74, 6) is -2.11. The maximum atomic E-state index is 11.0. The summed E-state index contributed by atoms with van der Waals surface area (Å²) in [6, 6.07) is 4.03. The highest BCUT2D eigenvalue weighted by Crippen LogP contribution is 2.18. The van der Waals surface area contributed by atoms with E-state index in [2.05, 4.69) is 31.9 Å². The standard InChI is InChI=1S/C11H10Br2O4/c12-5-8(13)4-7-3-6(10(14)15)1-2-9(7)11(16)17/h1-3,8H,4-5H2,(H,14,15)(H,16,17). The molecule has 1 atom stereocenters. The van der Waals surface area contributed by atoms with Crippen molar-refractivity contribution in [2.45, 2.75) is 11.2 Å². The molecule has 0 saturated heterocycles. The fourth-order valence-electron chi connectivity index (χ4n) is 1.40. The minimum Gasteiger partial charge on any atom is -0.478 e. The van der Waals surface area contributed by atoms with Crippen LogP contribution >= 0.6 is 31.9 Å². The van der Waals surface area contributed by atoms with Crippen molar-refractivity contribution in [3.63, 3.8) is 0 Å². The Balaban J connectivity index is 3.15. The maximum Gasteiger partial charge on any atom is 0.335 e. The van der Waals surface area contributed by atoms with E-state index in [9.17, 15) is 9.59 Å². The lowest BCUT2D eigenvalue weighted by molar-refractivity contribution is 0.0680. The van der Waals surface area contributed by atoms with Gasteiger partial charge in [0.2, 0.25) is 0 Å². The number of alkyl halides is 2. The van der Waals surface area contributed by atoms with Crippen LogP contribution in [0.3, 0.4) is 0 Å². The van der Waals surface area contributed by atoms with Gasteiger partial charge in [0.15, 0.2) is 0 Å². The number of hydrogen-bond donors (Lipinski definition) is 2. The lowest BCUT2D eigenvalue weighted by atomic mass is 10.0. The van der Waals surface area contributed by atoms with E-state index in [1.54, 1.807) is 0 Å². The van der Waals surface area contributed by atoms with Gasteiger partial charge in [-0.05, 0) is 30.2 Å². The Bertz CT molecular complexity index is 445. The van der Waals surface area contributed by atoms with Crippen LogP contribution in [0.25, 0.3) is 0 Å². The van der Waals surface area contributed by atoms with Crippen LogP contribution in [-0.4, -0.2) is 32.3 Å². The van der Waals surface area contributed by atoms with Gasteiger partial charge in [-0.25, -0.2) is 9.59 Å². The van der Waals surface area contributed by atoms with E-state index in [0.29, 0.717) is 17.3 Å². The number of aromatic carboxylic acids is 2. The molecular formula is C11H10Br2O4. The van der Waals surface area contributed by atoms with Crippen LogP contribution in [0.15, 0.2) is 18.2 Å². The second kappa shape index (κ2) is 6.16. The van der Waals surface area contributed by atoms with E-state index in [0.717, 1.165) is 0 Å². The smallest absolute Gasteiger partial charge is 0.335 e. The Morgan fingerprint density at radius 3 is 2.35 bits per heavy atom. The molecule has 0 radical (unpaired) electrons. The van der Waals surface area contributed by atoms with Gasteiger partial charge in [-0.2, -0.15) is 0 Å². The molecule has 92 valence electrons. The first-order valence-corrected chi connectivity index (χ1v) is 6.79. The van der Waals surface area contributed by atoms with Gasteiger partial charge in [-0.15, -0.1) is 0 Å². The van der Waals surface area contributed by atoms with Gasteiger partial charge in [0.1, 0.15) is 0 Å². The highest BCUT2D eigenvalue weighted by atomic mass is 79.9. The first-order valence-electron chi connectivity index (χ1n) is 4.75. The molecule has 0 aliphatic rings. The molecule has 0 amide bonds. The fraction of sp³-hybridized carbons (Fsp3) is 0.273. The zero-order valence-corrected chi connectivity index (χ0v) is 11.9. The lowest BCUT2D eigenvalue weighted by Gasteiger charge is -2.10. The largest absolute Gasteiger partial charge is 0.478 e. The highest BCUT2D eigenvalue weighted by Gasteiger charge is 2.15. The minimum absolute atomic E-state index is 0.0599. The SMILES string of the molecule is O=C(O)c1ccc(C(=O)O)c(CC(Br)CBr)c1. The second-order valence-corrected chi connectivity index (χ2v) is 5.38. The molecule has 4 nitrogen and oxygen atoms in total.